The fraction of sp³-hybridized carbons (Fsp3) is 0.647. The van der Waals surface area contributed by atoms with Crippen LogP contribution in [0.2, 0.25) is 0 Å². The zero-order chi connectivity index (χ0) is 16.6. The molecule has 6 heteroatoms. The summed E-state index contributed by atoms with van der Waals surface area (Å²) in [6.45, 7) is 1.57. The normalized spacial score (nSPS) is 22.6. The van der Waals surface area contributed by atoms with E-state index in [1.54, 1.807) is 19.0 Å². The summed E-state index contributed by atoms with van der Waals surface area (Å²) in [5, 5.41) is 3.21. The summed E-state index contributed by atoms with van der Waals surface area (Å²) < 4.78 is 1.89. The Morgan fingerprint density at radius 1 is 1.26 bits per heavy atom. The number of urea groups is 1. The molecule has 1 saturated heterocycles. The Morgan fingerprint density at radius 2 is 1.96 bits per heavy atom. The summed E-state index contributed by atoms with van der Waals surface area (Å²) >= 11 is 0. The van der Waals surface area contributed by atoms with Gasteiger partial charge in [-0.25, -0.2) is 4.79 Å². The maximum atomic E-state index is 12.4. The molecule has 1 aliphatic heterocycles. The monoisotopic (exact) mass is 318 g/mol. The molecule has 1 aromatic heterocycles. The number of hydrogen-bond acceptors (Lipinski definition) is 2. The first kappa shape index (κ1) is 15.9. The minimum atomic E-state index is 0.0153. The van der Waals surface area contributed by atoms with Gasteiger partial charge in [0.2, 0.25) is 0 Å². The molecular weight excluding hydrogens is 292 g/mol. The van der Waals surface area contributed by atoms with E-state index in [9.17, 15) is 9.59 Å². The highest BCUT2D eigenvalue weighted by atomic mass is 16.2. The molecule has 1 aliphatic carbocycles. The minimum Gasteiger partial charge on any atom is -0.356 e. The third-order valence-electron chi connectivity index (χ3n) is 5.48. The zero-order valence-corrected chi connectivity index (χ0v) is 14.2. The molecular formula is C17H26N4O2. The molecule has 3 rings (SSSR count). The standard InChI is InChI=1S/C17H26N4O2/c1-19(2)16(23)21-10-7-17(8-11-21)6-4-14(17)18-15(22)13-5-9-20(3)12-13/h5,9,12,14H,4,6-8,10-11H2,1-3H3,(H,18,22)/t14-/m0/s1. The molecule has 0 unspecified atom stereocenters. The van der Waals surface area contributed by atoms with E-state index in [0.29, 0.717) is 0 Å². The number of piperidine rings is 1. The predicted octanol–water partition coefficient (Wildman–Crippen LogP) is 1.68. The van der Waals surface area contributed by atoms with Crippen molar-refractivity contribution < 1.29 is 9.59 Å². The van der Waals surface area contributed by atoms with Crippen molar-refractivity contribution in [3.63, 3.8) is 0 Å². The van der Waals surface area contributed by atoms with Gasteiger partial charge in [-0.2, -0.15) is 0 Å². The zero-order valence-electron chi connectivity index (χ0n) is 14.2. The third kappa shape index (κ3) is 2.94. The van der Waals surface area contributed by atoms with E-state index in [2.05, 4.69) is 5.32 Å². The Labute approximate surface area is 137 Å². The minimum absolute atomic E-state index is 0.0153. The van der Waals surface area contributed by atoms with Crippen LogP contribution in [-0.2, 0) is 7.05 Å². The van der Waals surface area contributed by atoms with E-state index in [-0.39, 0.29) is 23.4 Å². The summed E-state index contributed by atoms with van der Waals surface area (Å²) in [4.78, 5) is 27.9. The molecule has 1 N–H and O–H groups in total. The third-order valence-corrected chi connectivity index (χ3v) is 5.48. The van der Waals surface area contributed by atoms with Crippen LogP contribution in [0.1, 0.15) is 36.0 Å². The van der Waals surface area contributed by atoms with E-state index in [1.807, 2.05) is 35.0 Å². The van der Waals surface area contributed by atoms with E-state index in [1.165, 1.54) is 0 Å². The molecule has 2 heterocycles. The largest absolute Gasteiger partial charge is 0.356 e. The molecule has 3 amide bonds. The van der Waals surface area contributed by atoms with E-state index in [4.69, 9.17) is 0 Å². The molecule has 1 spiro atoms. The average Bonchev–Trinajstić information content (AvgIpc) is 2.97. The van der Waals surface area contributed by atoms with Gasteiger partial charge in [0.1, 0.15) is 0 Å². The van der Waals surface area contributed by atoms with Crippen LogP contribution >= 0.6 is 0 Å². The van der Waals surface area contributed by atoms with Crippen molar-refractivity contribution in [2.45, 2.75) is 31.7 Å². The number of hydrogen-bond donors (Lipinski definition) is 1. The van der Waals surface area contributed by atoms with Gasteiger partial charge in [0.15, 0.2) is 0 Å². The lowest BCUT2D eigenvalue weighted by Gasteiger charge is -2.54. The number of rotatable bonds is 2. The van der Waals surface area contributed by atoms with Crippen LogP contribution in [0.4, 0.5) is 4.79 Å². The number of nitrogens with one attached hydrogen (secondary N) is 1. The molecule has 6 nitrogen and oxygen atoms in total. The summed E-state index contributed by atoms with van der Waals surface area (Å²) in [6, 6.07) is 2.18. The summed E-state index contributed by atoms with van der Waals surface area (Å²) in [6.07, 6.45) is 7.88. The molecule has 23 heavy (non-hydrogen) atoms. The number of aryl methyl sites for hydroxylation is 1. The Kier molecular flexibility index (Phi) is 4.08. The fourth-order valence-corrected chi connectivity index (χ4v) is 3.83. The molecule has 0 radical (unpaired) electrons. The highest BCUT2D eigenvalue weighted by molar-refractivity contribution is 5.94. The number of nitrogens with zero attached hydrogens (tertiary/aromatic N) is 3. The number of likely N-dealkylation sites (tertiary alicyclic amines) is 1. The van der Waals surface area contributed by atoms with Crippen molar-refractivity contribution in [3.05, 3.63) is 24.0 Å². The fourth-order valence-electron chi connectivity index (χ4n) is 3.83. The lowest BCUT2D eigenvalue weighted by atomic mass is 9.59. The van der Waals surface area contributed by atoms with Crippen molar-refractivity contribution in [1.29, 1.82) is 0 Å². The van der Waals surface area contributed by atoms with Crippen molar-refractivity contribution in [2.75, 3.05) is 27.2 Å². The molecule has 2 aliphatic rings. The highest BCUT2D eigenvalue weighted by Gasteiger charge is 2.49. The second kappa shape index (κ2) is 5.91. The number of carbonyl (C=O) groups is 2. The summed E-state index contributed by atoms with van der Waals surface area (Å²) in [5.74, 6) is 0.0153. The first-order valence-corrected chi connectivity index (χ1v) is 8.30. The highest BCUT2D eigenvalue weighted by Crippen LogP contribution is 2.49. The molecule has 2 fully saturated rings. The summed E-state index contributed by atoms with van der Waals surface area (Å²) in [5.41, 5.74) is 0.905. The molecule has 126 valence electrons. The smallest absolute Gasteiger partial charge is 0.319 e. The van der Waals surface area contributed by atoms with Crippen LogP contribution < -0.4 is 5.32 Å². The van der Waals surface area contributed by atoms with Crippen LogP contribution in [0.3, 0.4) is 0 Å². The second-order valence-corrected chi connectivity index (χ2v) is 7.16. The van der Waals surface area contributed by atoms with Crippen LogP contribution in [0.15, 0.2) is 18.5 Å². The average molecular weight is 318 g/mol. The first-order valence-electron chi connectivity index (χ1n) is 8.30. The Morgan fingerprint density at radius 3 is 2.43 bits per heavy atom. The van der Waals surface area contributed by atoms with Gasteiger partial charge in [0.25, 0.3) is 5.91 Å². The van der Waals surface area contributed by atoms with Crippen LogP contribution in [0.5, 0.6) is 0 Å². The Hall–Kier alpha value is -1.98. The van der Waals surface area contributed by atoms with Crippen LogP contribution in [-0.4, -0.2) is 59.5 Å². The predicted molar refractivity (Wildman–Crippen MR) is 88.2 cm³/mol. The number of amides is 3. The first-order chi connectivity index (χ1) is 10.9. The maximum absolute atomic E-state index is 12.4. The van der Waals surface area contributed by atoms with Gasteiger partial charge in [0, 0.05) is 52.7 Å². The SMILES string of the molecule is CN(C)C(=O)N1CCC2(CC[C@@H]2NC(=O)c2ccn(C)c2)CC1. The van der Waals surface area contributed by atoms with Crippen molar-refractivity contribution >= 4 is 11.9 Å². The number of aromatic nitrogens is 1. The van der Waals surface area contributed by atoms with Crippen molar-refractivity contribution in [1.82, 2.24) is 19.7 Å². The Bertz CT molecular complexity index is 599. The van der Waals surface area contributed by atoms with Gasteiger partial charge in [-0.05, 0) is 37.2 Å². The van der Waals surface area contributed by atoms with Crippen LogP contribution in [0.25, 0.3) is 0 Å². The van der Waals surface area contributed by atoms with Gasteiger partial charge < -0.3 is 19.7 Å². The lowest BCUT2D eigenvalue weighted by Crippen LogP contribution is -2.60. The van der Waals surface area contributed by atoms with Gasteiger partial charge in [0.05, 0.1) is 5.56 Å². The molecule has 0 aromatic carbocycles. The van der Waals surface area contributed by atoms with E-state index in [0.717, 1.165) is 44.3 Å². The van der Waals surface area contributed by atoms with Gasteiger partial charge >= 0.3 is 6.03 Å². The topological polar surface area (TPSA) is 57.6 Å². The maximum Gasteiger partial charge on any atom is 0.319 e. The van der Waals surface area contributed by atoms with Gasteiger partial charge in [-0.15, -0.1) is 0 Å². The molecule has 1 saturated carbocycles. The van der Waals surface area contributed by atoms with Crippen molar-refractivity contribution in [3.8, 4) is 0 Å². The van der Waals surface area contributed by atoms with E-state index < -0.39 is 0 Å². The lowest BCUT2D eigenvalue weighted by molar-refractivity contribution is 0.00189. The van der Waals surface area contributed by atoms with Gasteiger partial charge in [-0.3, -0.25) is 4.79 Å². The number of carbonyl (C=O) groups excluding carboxylic acids is 2. The molecule has 1 aromatic rings. The van der Waals surface area contributed by atoms with Crippen LogP contribution in [0, 0.1) is 5.41 Å². The summed E-state index contributed by atoms with van der Waals surface area (Å²) in [7, 11) is 5.50. The molecule has 1 atom stereocenters. The van der Waals surface area contributed by atoms with Crippen molar-refractivity contribution in [2.24, 2.45) is 12.5 Å². The quantitative estimate of drug-likeness (QED) is 0.902. The van der Waals surface area contributed by atoms with E-state index >= 15 is 0 Å². The van der Waals surface area contributed by atoms with Gasteiger partial charge in [-0.1, -0.05) is 0 Å². The molecule has 0 bridgehead atoms. The Balaban J connectivity index is 1.58. The second-order valence-electron chi connectivity index (χ2n) is 7.16.